The van der Waals surface area contributed by atoms with Crippen molar-refractivity contribution in [3.8, 4) is 5.88 Å². The minimum absolute atomic E-state index is 0.0210. The summed E-state index contributed by atoms with van der Waals surface area (Å²) in [5.41, 5.74) is 3.27. The summed E-state index contributed by atoms with van der Waals surface area (Å²) in [4.78, 5) is 12.2. The molecular formula is C25H37N7O4. The molecule has 0 spiro atoms. The highest BCUT2D eigenvalue weighted by Crippen LogP contribution is 2.36. The van der Waals surface area contributed by atoms with E-state index in [1.807, 2.05) is 11.7 Å². The van der Waals surface area contributed by atoms with Crippen molar-refractivity contribution in [2.24, 2.45) is 24.0 Å². The number of amides is 1. The number of fused-ring (bicyclic) bond motifs is 1. The fraction of sp³-hybridized carbons (Fsp3) is 0.720. The predicted molar refractivity (Wildman–Crippen MR) is 133 cm³/mol. The molecule has 4 N–H and O–H groups in total. The van der Waals surface area contributed by atoms with E-state index < -0.39 is 0 Å². The summed E-state index contributed by atoms with van der Waals surface area (Å²) in [5.74, 6) is 3.30. The number of carbonyl (C=O) groups is 1. The molecule has 6 rings (SSSR count). The Bertz CT molecular complexity index is 1150. The van der Waals surface area contributed by atoms with E-state index in [-0.39, 0.29) is 23.8 Å². The van der Waals surface area contributed by atoms with Gasteiger partial charge in [-0.1, -0.05) is 6.08 Å². The summed E-state index contributed by atoms with van der Waals surface area (Å²) >= 11 is 0. The van der Waals surface area contributed by atoms with Crippen molar-refractivity contribution in [1.29, 1.82) is 0 Å². The van der Waals surface area contributed by atoms with Gasteiger partial charge in [-0.3, -0.25) is 4.68 Å². The van der Waals surface area contributed by atoms with Crippen molar-refractivity contribution < 1.29 is 19.0 Å². The summed E-state index contributed by atoms with van der Waals surface area (Å²) in [6.07, 6.45) is 8.51. The van der Waals surface area contributed by atoms with E-state index in [9.17, 15) is 4.79 Å². The second-order valence-corrected chi connectivity index (χ2v) is 11.1. The summed E-state index contributed by atoms with van der Waals surface area (Å²) in [6, 6.07) is 0.236. The lowest BCUT2D eigenvalue weighted by Gasteiger charge is -2.19. The quantitative estimate of drug-likeness (QED) is 0.414. The molecule has 4 atom stereocenters. The molecule has 11 heteroatoms. The minimum atomic E-state index is -0.276. The van der Waals surface area contributed by atoms with Crippen LogP contribution in [0.1, 0.15) is 51.9 Å². The average Bonchev–Trinajstić information content (AvgIpc) is 3.40. The summed E-state index contributed by atoms with van der Waals surface area (Å²) in [5, 5.41) is 21.1. The van der Waals surface area contributed by atoms with Gasteiger partial charge in [-0.2, -0.15) is 5.10 Å². The van der Waals surface area contributed by atoms with Crippen molar-refractivity contribution in [2.75, 3.05) is 26.4 Å². The number of aryl methyl sites for hydroxylation is 1. The number of hydrogen-bond acceptors (Lipinski definition) is 9. The first kappa shape index (κ1) is 23.4. The van der Waals surface area contributed by atoms with Gasteiger partial charge in [-0.15, -0.1) is 5.10 Å². The third kappa shape index (κ3) is 4.98. The summed E-state index contributed by atoms with van der Waals surface area (Å²) in [6.45, 7) is 4.95. The maximum Gasteiger partial charge on any atom is 0.407 e. The third-order valence-electron chi connectivity index (χ3n) is 8.07. The van der Waals surface area contributed by atoms with Gasteiger partial charge in [0.2, 0.25) is 5.88 Å². The monoisotopic (exact) mass is 499 g/mol. The lowest BCUT2D eigenvalue weighted by atomic mass is 9.96. The third-order valence-corrected chi connectivity index (χ3v) is 8.07. The molecule has 5 aliphatic rings. The van der Waals surface area contributed by atoms with Gasteiger partial charge in [0.1, 0.15) is 23.1 Å². The Labute approximate surface area is 210 Å². The first-order valence-electron chi connectivity index (χ1n) is 13.3. The molecule has 4 unspecified atom stereocenters. The molecule has 4 heterocycles. The van der Waals surface area contributed by atoms with Gasteiger partial charge >= 0.3 is 6.09 Å². The van der Waals surface area contributed by atoms with Crippen LogP contribution in [-0.2, 0) is 16.5 Å². The zero-order valence-electron chi connectivity index (χ0n) is 21.1. The van der Waals surface area contributed by atoms with E-state index in [1.165, 1.54) is 0 Å². The second-order valence-electron chi connectivity index (χ2n) is 11.1. The molecule has 3 fully saturated rings. The molecule has 2 saturated carbocycles. The highest BCUT2D eigenvalue weighted by atomic mass is 16.6. The number of ether oxygens (including phenoxy) is 3. The lowest BCUT2D eigenvalue weighted by Crippen LogP contribution is -2.46. The normalized spacial score (nSPS) is 29.9. The van der Waals surface area contributed by atoms with E-state index in [0.717, 1.165) is 80.4 Å². The summed E-state index contributed by atoms with van der Waals surface area (Å²) < 4.78 is 19.1. The molecule has 0 bridgehead atoms. The molecular weight excluding hydrogens is 462 g/mol. The van der Waals surface area contributed by atoms with E-state index in [0.29, 0.717) is 30.9 Å². The second kappa shape index (κ2) is 9.49. The Morgan fingerprint density at radius 3 is 3.03 bits per heavy atom. The molecule has 36 heavy (non-hydrogen) atoms. The topological polar surface area (TPSA) is 123 Å². The molecule has 1 saturated heterocycles. The van der Waals surface area contributed by atoms with Crippen molar-refractivity contribution in [1.82, 2.24) is 31.2 Å². The van der Waals surface area contributed by atoms with Gasteiger partial charge in [0.25, 0.3) is 0 Å². The smallest absolute Gasteiger partial charge is 0.407 e. The maximum atomic E-state index is 12.2. The van der Waals surface area contributed by atoms with E-state index >= 15 is 0 Å². The Hall–Kier alpha value is -2.95. The van der Waals surface area contributed by atoms with Gasteiger partial charge < -0.3 is 35.6 Å². The van der Waals surface area contributed by atoms with Crippen LogP contribution in [0.25, 0.3) is 11.9 Å². The van der Waals surface area contributed by atoms with Crippen LogP contribution in [-0.4, -0.2) is 65.8 Å². The van der Waals surface area contributed by atoms with E-state index in [4.69, 9.17) is 14.2 Å². The number of nitrogens with zero attached hydrogens (tertiary/aromatic N) is 3. The molecule has 196 valence electrons. The number of aromatic nitrogens is 2. The number of hydrogen-bond donors (Lipinski definition) is 4. The Morgan fingerprint density at radius 2 is 2.22 bits per heavy atom. The Morgan fingerprint density at radius 1 is 1.33 bits per heavy atom. The predicted octanol–water partition coefficient (Wildman–Crippen LogP) is -0.00280. The van der Waals surface area contributed by atoms with Crippen molar-refractivity contribution >= 4 is 23.8 Å². The Kier molecular flexibility index (Phi) is 6.18. The van der Waals surface area contributed by atoms with Gasteiger partial charge in [0, 0.05) is 38.1 Å². The number of carbonyl (C=O) groups excluding carboxylic acids is 1. The number of hydrazone groups is 1. The highest BCUT2D eigenvalue weighted by Gasteiger charge is 2.41. The minimum Gasteiger partial charge on any atom is -0.476 e. The highest BCUT2D eigenvalue weighted by molar-refractivity contribution is 5.89. The molecule has 1 aromatic rings. The van der Waals surface area contributed by atoms with Crippen LogP contribution in [0.4, 0.5) is 4.79 Å². The average molecular weight is 500 g/mol. The molecule has 0 radical (unpaired) electrons. The molecule has 11 nitrogen and oxygen atoms in total. The van der Waals surface area contributed by atoms with Crippen LogP contribution < -0.4 is 36.7 Å². The van der Waals surface area contributed by atoms with Crippen LogP contribution in [0.5, 0.6) is 5.88 Å². The number of alkyl carbamates (subject to hydrolysis) is 1. The zero-order valence-corrected chi connectivity index (χ0v) is 21.1. The SMILES string of the molecule is Cn1nc(OCC2CCOC2)c2c1=C(NC1=NNC(C3CCC(OC(=O)NC4(C)CC4)C3)C1)NCC=2. The summed E-state index contributed by atoms with van der Waals surface area (Å²) in [7, 11) is 1.93. The fourth-order valence-corrected chi connectivity index (χ4v) is 5.60. The van der Waals surface area contributed by atoms with Crippen LogP contribution >= 0.6 is 0 Å². The molecule has 0 aromatic carbocycles. The first-order chi connectivity index (χ1) is 17.5. The number of nitrogens with one attached hydrogen (secondary N) is 4. The number of amidine groups is 1. The van der Waals surface area contributed by atoms with Crippen LogP contribution in [0, 0.1) is 11.8 Å². The lowest BCUT2D eigenvalue weighted by molar-refractivity contribution is 0.0942. The molecule has 3 aliphatic heterocycles. The van der Waals surface area contributed by atoms with Crippen LogP contribution in [0.2, 0.25) is 0 Å². The van der Waals surface area contributed by atoms with E-state index in [2.05, 4.69) is 44.6 Å². The van der Waals surface area contributed by atoms with Crippen molar-refractivity contribution in [3.05, 3.63) is 10.6 Å². The number of rotatable bonds is 7. The maximum absolute atomic E-state index is 12.2. The fourth-order valence-electron chi connectivity index (χ4n) is 5.60. The standard InChI is InChI=1S/C25H37N7O4/c1-25(7-8-25)28-24(33)36-17-4-3-16(11-17)19-12-20(30-29-19)27-22-21-18(5-9-26-22)23(31-32(21)2)35-14-15-6-10-34-13-15/h5,15-17,19,26,29H,3-4,6-14H2,1-2H3,(H,27,30)(H,28,33). The molecule has 1 amide bonds. The van der Waals surface area contributed by atoms with Gasteiger partial charge in [-0.25, -0.2) is 4.79 Å². The van der Waals surface area contributed by atoms with Gasteiger partial charge in [0.15, 0.2) is 0 Å². The van der Waals surface area contributed by atoms with Crippen LogP contribution in [0.15, 0.2) is 5.10 Å². The zero-order chi connectivity index (χ0) is 24.7. The van der Waals surface area contributed by atoms with Gasteiger partial charge in [0.05, 0.1) is 24.5 Å². The largest absolute Gasteiger partial charge is 0.476 e. The molecule has 2 aliphatic carbocycles. The van der Waals surface area contributed by atoms with Crippen molar-refractivity contribution in [3.63, 3.8) is 0 Å². The van der Waals surface area contributed by atoms with Gasteiger partial charge in [-0.05, 0) is 51.4 Å². The Balaban J connectivity index is 1.05. The molecule has 1 aromatic heterocycles. The van der Waals surface area contributed by atoms with Crippen LogP contribution in [0.3, 0.4) is 0 Å². The van der Waals surface area contributed by atoms with Crippen molar-refractivity contribution in [2.45, 2.75) is 69.6 Å². The first-order valence-corrected chi connectivity index (χ1v) is 13.3. The van der Waals surface area contributed by atoms with E-state index in [1.54, 1.807) is 0 Å².